The largest absolute Gasteiger partial charge is 0.493 e. The first-order valence-corrected chi connectivity index (χ1v) is 8.80. The second kappa shape index (κ2) is 9.11. The summed E-state index contributed by atoms with van der Waals surface area (Å²) in [5, 5.41) is 10.8. The molecule has 1 N–H and O–H groups in total. The van der Waals surface area contributed by atoms with E-state index in [4.69, 9.17) is 30.2 Å². The van der Waals surface area contributed by atoms with Crippen molar-refractivity contribution in [2.24, 2.45) is 0 Å². The molecule has 8 nitrogen and oxygen atoms in total. The molecule has 0 aliphatic heterocycles. The fraction of sp³-hybridized carbons (Fsp3) is 0.150. The molecule has 0 atom stereocenters. The average Bonchev–Trinajstić information content (AvgIpc) is 3.20. The summed E-state index contributed by atoms with van der Waals surface area (Å²) < 4.78 is 21.3. The van der Waals surface area contributed by atoms with Crippen molar-refractivity contribution < 1.29 is 23.4 Å². The maximum atomic E-state index is 12.2. The molecule has 0 fully saturated rings. The number of carbonyl (C=O) groups excluding carboxylic acids is 1. The van der Waals surface area contributed by atoms with Crippen LogP contribution in [0, 0.1) is 0 Å². The zero-order valence-corrected chi connectivity index (χ0v) is 16.7. The topological polar surface area (TPSA) is 95.7 Å². The molecule has 0 bridgehead atoms. The van der Waals surface area contributed by atoms with Gasteiger partial charge in [0.15, 0.2) is 11.5 Å². The minimum Gasteiger partial charge on any atom is -0.493 e. The van der Waals surface area contributed by atoms with Crippen LogP contribution in [-0.4, -0.2) is 37.4 Å². The summed E-state index contributed by atoms with van der Waals surface area (Å²) in [4.78, 5) is 12.2. The van der Waals surface area contributed by atoms with E-state index < -0.39 is 5.91 Å². The first-order valence-electron chi connectivity index (χ1n) is 8.42. The molecule has 1 amide bonds. The number of rotatable bonds is 7. The number of ether oxygens (including phenoxy) is 3. The standard InChI is InChI=1S/C20H18ClN3O5/c1-26-15-10-12(11-16(27-2)18(15)28-3)4-9-17(25)22-20-24-23-19(29-20)13-5-7-14(21)8-6-13/h4-11H,1-3H3,(H,22,24,25). The van der Waals surface area contributed by atoms with Gasteiger partial charge in [-0.25, -0.2) is 0 Å². The van der Waals surface area contributed by atoms with E-state index in [0.717, 1.165) is 0 Å². The first kappa shape index (κ1) is 20.2. The van der Waals surface area contributed by atoms with Gasteiger partial charge in [-0.15, -0.1) is 5.10 Å². The van der Waals surface area contributed by atoms with Crippen LogP contribution in [0.15, 0.2) is 46.9 Å². The second-order valence-electron chi connectivity index (χ2n) is 5.70. The number of nitrogens with one attached hydrogen (secondary N) is 1. The van der Waals surface area contributed by atoms with E-state index >= 15 is 0 Å². The fourth-order valence-corrected chi connectivity index (χ4v) is 2.63. The highest BCUT2D eigenvalue weighted by Gasteiger charge is 2.13. The summed E-state index contributed by atoms with van der Waals surface area (Å²) in [6.45, 7) is 0. The van der Waals surface area contributed by atoms with Crippen LogP contribution < -0.4 is 19.5 Å². The zero-order chi connectivity index (χ0) is 20.8. The molecule has 1 heterocycles. The number of aromatic nitrogens is 2. The van der Waals surface area contributed by atoms with Gasteiger partial charge in [-0.05, 0) is 48.0 Å². The Balaban J connectivity index is 1.71. The molecule has 2 aromatic carbocycles. The summed E-state index contributed by atoms with van der Waals surface area (Å²) in [6.07, 6.45) is 2.92. The summed E-state index contributed by atoms with van der Waals surface area (Å²) >= 11 is 5.86. The van der Waals surface area contributed by atoms with Gasteiger partial charge in [0, 0.05) is 16.7 Å². The van der Waals surface area contributed by atoms with E-state index in [0.29, 0.717) is 33.4 Å². The number of benzene rings is 2. The van der Waals surface area contributed by atoms with Crippen LogP contribution >= 0.6 is 11.6 Å². The van der Waals surface area contributed by atoms with Crippen molar-refractivity contribution in [3.8, 4) is 28.7 Å². The van der Waals surface area contributed by atoms with Gasteiger partial charge in [0.1, 0.15) is 0 Å². The van der Waals surface area contributed by atoms with Gasteiger partial charge in [0.05, 0.1) is 21.3 Å². The molecular weight excluding hydrogens is 398 g/mol. The van der Waals surface area contributed by atoms with Crippen LogP contribution in [0.2, 0.25) is 5.02 Å². The molecular formula is C20H18ClN3O5. The molecule has 0 unspecified atom stereocenters. The minimum absolute atomic E-state index is 0.0190. The van der Waals surface area contributed by atoms with Crippen molar-refractivity contribution in [3.63, 3.8) is 0 Å². The Morgan fingerprint density at radius 1 is 1.03 bits per heavy atom. The van der Waals surface area contributed by atoms with E-state index in [2.05, 4.69) is 15.5 Å². The highest BCUT2D eigenvalue weighted by Crippen LogP contribution is 2.38. The Bertz CT molecular complexity index is 1010. The number of methoxy groups -OCH3 is 3. The molecule has 0 saturated heterocycles. The number of halogens is 1. The van der Waals surface area contributed by atoms with E-state index in [1.165, 1.54) is 27.4 Å². The molecule has 0 aliphatic carbocycles. The lowest BCUT2D eigenvalue weighted by Crippen LogP contribution is -2.07. The average molecular weight is 416 g/mol. The molecule has 0 saturated carbocycles. The van der Waals surface area contributed by atoms with Crippen molar-refractivity contribution >= 4 is 29.6 Å². The van der Waals surface area contributed by atoms with Crippen LogP contribution in [-0.2, 0) is 4.79 Å². The number of amides is 1. The van der Waals surface area contributed by atoms with Gasteiger partial charge >= 0.3 is 6.01 Å². The van der Waals surface area contributed by atoms with Crippen LogP contribution in [0.25, 0.3) is 17.5 Å². The third kappa shape index (κ3) is 4.85. The Labute approximate surface area is 172 Å². The van der Waals surface area contributed by atoms with Crippen LogP contribution in [0.5, 0.6) is 17.2 Å². The lowest BCUT2D eigenvalue weighted by Gasteiger charge is -2.12. The number of hydrogen-bond acceptors (Lipinski definition) is 7. The lowest BCUT2D eigenvalue weighted by molar-refractivity contribution is -0.112. The summed E-state index contributed by atoms with van der Waals surface area (Å²) in [7, 11) is 4.56. The molecule has 0 spiro atoms. The Hall–Kier alpha value is -3.52. The number of nitrogens with zero attached hydrogens (tertiary/aromatic N) is 2. The summed E-state index contributed by atoms with van der Waals surface area (Å²) in [5.74, 6) is 1.26. The molecule has 150 valence electrons. The van der Waals surface area contributed by atoms with Crippen molar-refractivity contribution in [3.05, 3.63) is 53.1 Å². The normalized spacial score (nSPS) is 10.8. The van der Waals surface area contributed by atoms with Gasteiger partial charge in [0.25, 0.3) is 5.91 Å². The van der Waals surface area contributed by atoms with E-state index in [1.54, 1.807) is 42.5 Å². The second-order valence-corrected chi connectivity index (χ2v) is 6.14. The van der Waals surface area contributed by atoms with Crippen molar-refractivity contribution in [2.45, 2.75) is 0 Å². The van der Waals surface area contributed by atoms with Crippen molar-refractivity contribution in [2.75, 3.05) is 26.6 Å². The quantitative estimate of drug-likeness (QED) is 0.581. The molecule has 1 aromatic heterocycles. The third-order valence-electron chi connectivity index (χ3n) is 3.86. The smallest absolute Gasteiger partial charge is 0.322 e. The molecule has 0 radical (unpaired) electrons. The fourth-order valence-electron chi connectivity index (χ4n) is 2.50. The predicted octanol–water partition coefficient (Wildman–Crippen LogP) is 4.07. The third-order valence-corrected chi connectivity index (χ3v) is 4.11. The van der Waals surface area contributed by atoms with Crippen molar-refractivity contribution in [1.82, 2.24) is 10.2 Å². The Morgan fingerprint density at radius 2 is 1.69 bits per heavy atom. The van der Waals surface area contributed by atoms with Crippen molar-refractivity contribution in [1.29, 1.82) is 0 Å². The molecule has 9 heteroatoms. The maximum absolute atomic E-state index is 12.2. The van der Waals surface area contributed by atoms with Gasteiger partial charge in [0.2, 0.25) is 11.6 Å². The predicted molar refractivity (Wildman–Crippen MR) is 109 cm³/mol. The van der Waals surface area contributed by atoms with Crippen LogP contribution in [0.1, 0.15) is 5.56 Å². The molecule has 3 aromatic rings. The summed E-state index contributed by atoms with van der Waals surface area (Å²) in [5.41, 5.74) is 1.37. The molecule has 0 aliphatic rings. The van der Waals surface area contributed by atoms with Gasteiger partial charge in [-0.3, -0.25) is 10.1 Å². The highest BCUT2D eigenvalue weighted by atomic mass is 35.5. The Kier molecular flexibility index (Phi) is 6.36. The lowest BCUT2D eigenvalue weighted by atomic mass is 10.1. The monoisotopic (exact) mass is 415 g/mol. The number of anilines is 1. The Morgan fingerprint density at radius 3 is 2.28 bits per heavy atom. The number of hydrogen-bond donors (Lipinski definition) is 1. The SMILES string of the molecule is COc1cc(C=CC(=O)Nc2nnc(-c3ccc(Cl)cc3)o2)cc(OC)c1OC. The summed E-state index contributed by atoms with van der Waals surface area (Å²) in [6, 6.07) is 10.3. The van der Waals surface area contributed by atoms with E-state index in [-0.39, 0.29) is 11.9 Å². The molecule has 29 heavy (non-hydrogen) atoms. The van der Waals surface area contributed by atoms with E-state index in [9.17, 15) is 4.79 Å². The van der Waals surface area contributed by atoms with Gasteiger partial charge in [-0.2, -0.15) is 0 Å². The van der Waals surface area contributed by atoms with E-state index in [1.807, 2.05) is 0 Å². The highest BCUT2D eigenvalue weighted by molar-refractivity contribution is 6.30. The number of carbonyl (C=O) groups is 1. The zero-order valence-electron chi connectivity index (χ0n) is 15.9. The molecule has 3 rings (SSSR count). The van der Waals surface area contributed by atoms with Gasteiger partial charge < -0.3 is 18.6 Å². The van der Waals surface area contributed by atoms with Gasteiger partial charge in [-0.1, -0.05) is 16.7 Å². The van der Waals surface area contributed by atoms with Crippen LogP contribution in [0.3, 0.4) is 0 Å². The first-order chi connectivity index (χ1) is 14.0. The maximum Gasteiger partial charge on any atom is 0.322 e. The minimum atomic E-state index is -0.440. The van der Waals surface area contributed by atoms with Crippen LogP contribution in [0.4, 0.5) is 6.01 Å².